The number of hydrogen-bond donors (Lipinski definition) is 1. The Kier molecular flexibility index (Phi) is 5.66. The number of para-hydroxylation sites is 1. The van der Waals surface area contributed by atoms with Crippen molar-refractivity contribution >= 4 is 34.3 Å². The van der Waals surface area contributed by atoms with Gasteiger partial charge in [0.1, 0.15) is 12.1 Å². The van der Waals surface area contributed by atoms with E-state index in [0.717, 1.165) is 34.9 Å². The molecule has 2 fully saturated rings. The van der Waals surface area contributed by atoms with E-state index < -0.39 is 17.5 Å². The molecule has 3 aromatic carbocycles. The zero-order valence-electron chi connectivity index (χ0n) is 21.3. The largest absolute Gasteiger partial charge is 0.365 e. The zero-order chi connectivity index (χ0) is 25.7. The highest BCUT2D eigenvalue weighted by Gasteiger charge is 2.50. The molecule has 0 spiro atoms. The van der Waals surface area contributed by atoms with E-state index in [1.165, 1.54) is 11.3 Å². The van der Waals surface area contributed by atoms with Crippen molar-refractivity contribution in [2.45, 2.75) is 50.7 Å². The number of hydrogen-bond acceptors (Lipinski definition) is 4. The average Bonchev–Trinajstić information content (AvgIpc) is 3.36. The summed E-state index contributed by atoms with van der Waals surface area (Å²) in [6.45, 7) is 4.99. The summed E-state index contributed by atoms with van der Waals surface area (Å²) < 4.78 is 0. The Hall–Kier alpha value is -3.87. The number of piperidine rings is 1. The van der Waals surface area contributed by atoms with E-state index >= 15 is 0 Å². The van der Waals surface area contributed by atoms with Gasteiger partial charge in [-0.05, 0) is 67.1 Å². The molecular formula is C30H32N4O3. The smallest absolute Gasteiger partial charge is 0.325 e. The number of benzene rings is 3. The SMILES string of the molecule is CC1Cc2ccccc2N1C1CCN(C(=O)CN2C(=O)NC(C)(c3ccc4ccccc4c3)C2=O)CC1. The third-order valence-corrected chi connectivity index (χ3v) is 8.37. The van der Waals surface area contributed by atoms with Crippen LogP contribution in [0.1, 0.15) is 37.8 Å². The van der Waals surface area contributed by atoms with Crippen molar-refractivity contribution in [1.29, 1.82) is 0 Å². The first-order valence-electron chi connectivity index (χ1n) is 13.1. The van der Waals surface area contributed by atoms with E-state index in [1.54, 1.807) is 11.8 Å². The van der Waals surface area contributed by atoms with Gasteiger partial charge in [-0.25, -0.2) is 4.79 Å². The van der Waals surface area contributed by atoms with Gasteiger partial charge in [0, 0.05) is 30.9 Å². The van der Waals surface area contributed by atoms with Crippen molar-refractivity contribution in [3.63, 3.8) is 0 Å². The standard InChI is InChI=1S/C30H32N4O3/c1-20-17-23-9-5-6-10-26(23)34(20)25-13-15-32(16-14-25)27(35)19-33-28(36)30(2,31-29(33)37)24-12-11-21-7-3-4-8-22(21)18-24/h3-12,18,20,25H,13-17,19H2,1-2H3,(H,31,37). The molecular weight excluding hydrogens is 464 g/mol. The summed E-state index contributed by atoms with van der Waals surface area (Å²) in [5, 5.41) is 4.90. The van der Waals surface area contributed by atoms with Gasteiger partial charge in [0.15, 0.2) is 0 Å². The quantitative estimate of drug-likeness (QED) is 0.553. The van der Waals surface area contributed by atoms with Gasteiger partial charge in [0.25, 0.3) is 5.91 Å². The number of fused-ring (bicyclic) bond motifs is 2. The second-order valence-corrected chi connectivity index (χ2v) is 10.7. The Balaban J connectivity index is 1.12. The van der Waals surface area contributed by atoms with E-state index in [9.17, 15) is 14.4 Å². The molecule has 0 bridgehead atoms. The highest BCUT2D eigenvalue weighted by Crippen LogP contribution is 2.36. The summed E-state index contributed by atoms with van der Waals surface area (Å²) in [6.07, 6.45) is 2.80. The van der Waals surface area contributed by atoms with Crippen molar-refractivity contribution in [2.75, 3.05) is 24.5 Å². The van der Waals surface area contributed by atoms with Gasteiger partial charge >= 0.3 is 6.03 Å². The molecule has 3 aromatic rings. The van der Waals surface area contributed by atoms with Crippen LogP contribution in [0.3, 0.4) is 0 Å². The first kappa shape index (κ1) is 23.5. The normalized spacial score (nSPS) is 24.1. The molecule has 37 heavy (non-hydrogen) atoms. The van der Waals surface area contributed by atoms with Crippen LogP contribution in [0.15, 0.2) is 66.7 Å². The molecule has 4 amide bonds. The van der Waals surface area contributed by atoms with Gasteiger partial charge in [0.05, 0.1) is 0 Å². The fourth-order valence-electron chi connectivity index (χ4n) is 6.31. The van der Waals surface area contributed by atoms with Crippen molar-refractivity contribution in [2.24, 2.45) is 0 Å². The number of likely N-dealkylation sites (tertiary alicyclic amines) is 1. The lowest BCUT2D eigenvalue weighted by atomic mass is 9.90. The minimum Gasteiger partial charge on any atom is -0.365 e. The molecule has 0 aliphatic carbocycles. The number of nitrogens with zero attached hydrogens (tertiary/aromatic N) is 3. The summed E-state index contributed by atoms with van der Waals surface area (Å²) in [5.74, 6) is -0.571. The third-order valence-electron chi connectivity index (χ3n) is 8.37. The van der Waals surface area contributed by atoms with E-state index in [4.69, 9.17) is 0 Å². The fraction of sp³-hybridized carbons (Fsp3) is 0.367. The monoisotopic (exact) mass is 496 g/mol. The molecule has 0 saturated carbocycles. The lowest BCUT2D eigenvalue weighted by Gasteiger charge is -2.40. The van der Waals surface area contributed by atoms with E-state index in [0.29, 0.717) is 30.7 Å². The topological polar surface area (TPSA) is 73.0 Å². The van der Waals surface area contributed by atoms with Crippen molar-refractivity contribution in [3.05, 3.63) is 77.9 Å². The highest BCUT2D eigenvalue weighted by atomic mass is 16.2. The number of urea groups is 1. The van der Waals surface area contributed by atoms with Crippen LogP contribution >= 0.6 is 0 Å². The lowest BCUT2D eigenvalue weighted by Crippen LogP contribution is -2.51. The van der Waals surface area contributed by atoms with Gasteiger partial charge in [0.2, 0.25) is 5.91 Å². The van der Waals surface area contributed by atoms with Crippen LogP contribution < -0.4 is 10.2 Å². The van der Waals surface area contributed by atoms with Crippen LogP contribution in [0.25, 0.3) is 10.8 Å². The van der Waals surface area contributed by atoms with Crippen LogP contribution in [-0.2, 0) is 21.5 Å². The minimum absolute atomic E-state index is 0.181. The van der Waals surface area contributed by atoms with Crippen LogP contribution in [0.4, 0.5) is 10.5 Å². The summed E-state index contributed by atoms with van der Waals surface area (Å²) in [6, 6.07) is 22.5. The molecule has 190 valence electrons. The minimum atomic E-state index is -1.20. The average molecular weight is 497 g/mol. The number of rotatable bonds is 4. The molecule has 3 aliphatic rings. The van der Waals surface area contributed by atoms with Crippen molar-refractivity contribution in [1.82, 2.24) is 15.1 Å². The number of carbonyl (C=O) groups is 3. The molecule has 7 heteroatoms. The summed E-state index contributed by atoms with van der Waals surface area (Å²) in [4.78, 5) is 44.9. The summed E-state index contributed by atoms with van der Waals surface area (Å²) in [5.41, 5.74) is 2.21. The number of nitrogens with one attached hydrogen (secondary N) is 1. The molecule has 2 saturated heterocycles. The zero-order valence-corrected chi connectivity index (χ0v) is 21.3. The van der Waals surface area contributed by atoms with Gasteiger partial charge in [-0.3, -0.25) is 14.5 Å². The Labute approximate surface area is 217 Å². The molecule has 0 radical (unpaired) electrons. The maximum atomic E-state index is 13.4. The third kappa shape index (κ3) is 3.93. The first-order valence-corrected chi connectivity index (χ1v) is 13.1. The maximum absolute atomic E-state index is 13.4. The molecule has 0 aromatic heterocycles. The number of amides is 4. The number of carbonyl (C=O) groups excluding carboxylic acids is 3. The molecule has 7 nitrogen and oxygen atoms in total. The Bertz CT molecular complexity index is 1400. The molecule has 2 atom stereocenters. The highest BCUT2D eigenvalue weighted by molar-refractivity contribution is 6.09. The van der Waals surface area contributed by atoms with Gasteiger partial charge < -0.3 is 15.1 Å². The van der Waals surface area contributed by atoms with Crippen molar-refractivity contribution in [3.8, 4) is 0 Å². The van der Waals surface area contributed by atoms with Crippen LogP contribution in [0, 0.1) is 0 Å². The van der Waals surface area contributed by atoms with Gasteiger partial charge in [-0.2, -0.15) is 0 Å². The lowest BCUT2D eigenvalue weighted by molar-refractivity contribution is -0.139. The first-order chi connectivity index (χ1) is 17.8. The molecule has 1 N–H and O–H groups in total. The Morgan fingerprint density at radius 2 is 1.68 bits per heavy atom. The Morgan fingerprint density at radius 3 is 2.46 bits per heavy atom. The summed E-state index contributed by atoms with van der Waals surface area (Å²) >= 11 is 0. The van der Waals surface area contributed by atoms with Crippen LogP contribution in [0.2, 0.25) is 0 Å². The van der Waals surface area contributed by atoms with E-state index in [2.05, 4.69) is 41.4 Å². The van der Waals surface area contributed by atoms with Crippen LogP contribution in [-0.4, -0.2) is 59.4 Å². The second-order valence-electron chi connectivity index (χ2n) is 10.7. The molecule has 2 unspecified atom stereocenters. The molecule has 3 heterocycles. The number of imide groups is 1. The Morgan fingerprint density at radius 1 is 0.973 bits per heavy atom. The second kappa shape index (κ2) is 8.91. The predicted octanol–water partition coefficient (Wildman–Crippen LogP) is 4.05. The number of anilines is 1. The van der Waals surface area contributed by atoms with Crippen LogP contribution in [0.5, 0.6) is 0 Å². The predicted molar refractivity (Wildman–Crippen MR) is 143 cm³/mol. The van der Waals surface area contributed by atoms with Gasteiger partial charge in [-0.15, -0.1) is 0 Å². The maximum Gasteiger partial charge on any atom is 0.325 e. The molecule has 6 rings (SSSR count). The van der Waals surface area contributed by atoms with E-state index in [-0.39, 0.29) is 12.5 Å². The van der Waals surface area contributed by atoms with Crippen molar-refractivity contribution < 1.29 is 14.4 Å². The molecule has 3 aliphatic heterocycles. The fourth-order valence-corrected chi connectivity index (χ4v) is 6.31. The van der Waals surface area contributed by atoms with E-state index in [1.807, 2.05) is 42.5 Å². The van der Waals surface area contributed by atoms with Gasteiger partial charge in [-0.1, -0.05) is 54.6 Å². The summed E-state index contributed by atoms with van der Waals surface area (Å²) in [7, 11) is 0.